The molecule has 1 amide bonds. The first-order chi connectivity index (χ1) is 8.08. The number of rotatable bonds is 5. The van der Waals surface area contributed by atoms with Gasteiger partial charge in [0.2, 0.25) is 5.91 Å². The van der Waals surface area contributed by atoms with Crippen LogP contribution < -0.4 is 5.73 Å². The summed E-state index contributed by atoms with van der Waals surface area (Å²) in [6, 6.07) is 5.85. The monoisotopic (exact) mass is 235 g/mol. The smallest absolute Gasteiger partial charge is 0.227 e. The highest BCUT2D eigenvalue weighted by Gasteiger charge is 2.18. The Morgan fingerprint density at radius 1 is 1.53 bits per heavy atom. The summed E-state index contributed by atoms with van der Waals surface area (Å²) >= 11 is 0. The number of hydrogen-bond donors (Lipinski definition) is 1. The number of pyridine rings is 1. The van der Waals surface area contributed by atoms with Crippen LogP contribution in [0.3, 0.4) is 0 Å². The lowest BCUT2D eigenvalue weighted by molar-refractivity contribution is -0.135. The maximum absolute atomic E-state index is 12.0. The fourth-order valence-corrected chi connectivity index (χ4v) is 1.64. The maximum Gasteiger partial charge on any atom is 0.227 e. The number of nitrogens with two attached hydrogens (primary N) is 1. The number of hydrogen-bond acceptors (Lipinski definition) is 3. The zero-order valence-corrected chi connectivity index (χ0v) is 10.8. The highest BCUT2D eigenvalue weighted by atomic mass is 16.2. The molecule has 1 rings (SSSR count). The number of nitrogens with zero attached hydrogens (tertiary/aromatic N) is 2. The minimum absolute atomic E-state index is 0.0957. The molecule has 17 heavy (non-hydrogen) atoms. The topological polar surface area (TPSA) is 59.2 Å². The number of amides is 1. The molecule has 0 saturated heterocycles. The normalized spacial score (nSPS) is 12.2. The van der Waals surface area contributed by atoms with Crippen molar-refractivity contribution in [1.82, 2.24) is 9.88 Å². The minimum atomic E-state index is -0.125. The Morgan fingerprint density at radius 3 is 2.76 bits per heavy atom. The average molecular weight is 235 g/mol. The van der Waals surface area contributed by atoms with Crippen molar-refractivity contribution in [1.29, 1.82) is 0 Å². The molecule has 0 aliphatic carbocycles. The Kier molecular flexibility index (Phi) is 5.10. The van der Waals surface area contributed by atoms with Crippen LogP contribution in [0.2, 0.25) is 0 Å². The standard InChI is InChI=1S/C13H21N3O/c1-4-16(13(17)10(2)8-14)9-12-7-5-6-11(3)15-12/h5-7,10H,4,8-9,14H2,1-3H3. The van der Waals surface area contributed by atoms with Gasteiger partial charge in [0.05, 0.1) is 12.2 Å². The molecule has 94 valence electrons. The van der Waals surface area contributed by atoms with Gasteiger partial charge in [-0.2, -0.15) is 0 Å². The van der Waals surface area contributed by atoms with Crippen molar-refractivity contribution in [2.45, 2.75) is 27.3 Å². The quantitative estimate of drug-likeness (QED) is 0.837. The molecule has 1 atom stereocenters. The first-order valence-corrected chi connectivity index (χ1v) is 5.99. The summed E-state index contributed by atoms with van der Waals surface area (Å²) in [6.07, 6.45) is 0. The van der Waals surface area contributed by atoms with E-state index in [4.69, 9.17) is 5.73 Å². The van der Waals surface area contributed by atoms with Crippen molar-refractivity contribution < 1.29 is 4.79 Å². The van der Waals surface area contributed by atoms with Crippen LogP contribution in [0, 0.1) is 12.8 Å². The second kappa shape index (κ2) is 6.35. The van der Waals surface area contributed by atoms with Gasteiger partial charge in [0.25, 0.3) is 0 Å². The molecule has 0 spiro atoms. The molecule has 2 N–H and O–H groups in total. The molecule has 1 unspecified atom stereocenters. The zero-order chi connectivity index (χ0) is 12.8. The minimum Gasteiger partial charge on any atom is -0.337 e. The molecule has 1 heterocycles. The molecule has 0 radical (unpaired) electrons. The maximum atomic E-state index is 12.0. The predicted molar refractivity (Wildman–Crippen MR) is 68.3 cm³/mol. The van der Waals surface area contributed by atoms with E-state index in [9.17, 15) is 4.79 Å². The molecule has 0 fully saturated rings. The number of aryl methyl sites for hydroxylation is 1. The van der Waals surface area contributed by atoms with E-state index in [2.05, 4.69) is 4.98 Å². The van der Waals surface area contributed by atoms with Crippen molar-refractivity contribution in [3.05, 3.63) is 29.6 Å². The van der Waals surface area contributed by atoms with E-state index >= 15 is 0 Å². The van der Waals surface area contributed by atoms with Gasteiger partial charge in [-0.3, -0.25) is 9.78 Å². The van der Waals surface area contributed by atoms with Gasteiger partial charge < -0.3 is 10.6 Å². The summed E-state index contributed by atoms with van der Waals surface area (Å²) in [5, 5.41) is 0. The molecule has 0 aliphatic rings. The van der Waals surface area contributed by atoms with Crippen molar-refractivity contribution in [2.24, 2.45) is 11.7 Å². The van der Waals surface area contributed by atoms with Crippen LogP contribution in [-0.2, 0) is 11.3 Å². The molecule has 0 aliphatic heterocycles. The lowest BCUT2D eigenvalue weighted by Crippen LogP contribution is -2.37. The second-order valence-corrected chi connectivity index (χ2v) is 4.26. The van der Waals surface area contributed by atoms with Crippen molar-refractivity contribution in [3.63, 3.8) is 0 Å². The Balaban J connectivity index is 2.73. The summed E-state index contributed by atoms with van der Waals surface area (Å²) in [5.41, 5.74) is 7.41. The molecule has 1 aromatic heterocycles. The van der Waals surface area contributed by atoms with E-state index in [-0.39, 0.29) is 11.8 Å². The van der Waals surface area contributed by atoms with Crippen LogP contribution in [0.4, 0.5) is 0 Å². The summed E-state index contributed by atoms with van der Waals surface area (Å²) in [5.74, 6) is -0.0296. The van der Waals surface area contributed by atoms with E-state index in [1.54, 1.807) is 4.90 Å². The summed E-state index contributed by atoms with van der Waals surface area (Å²) in [7, 11) is 0. The van der Waals surface area contributed by atoms with Gasteiger partial charge in [0, 0.05) is 24.7 Å². The van der Waals surface area contributed by atoms with Gasteiger partial charge in [-0.1, -0.05) is 13.0 Å². The van der Waals surface area contributed by atoms with Crippen LogP contribution in [0.15, 0.2) is 18.2 Å². The Labute approximate surface area is 103 Å². The van der Waals surface area contributed by atoms with Crippen LogP contribution in [0.25, 0.3) is 0 Å². The molecule has 0 saturated carbocycles. The van der Waals surface area contributed by atoms with Crippen molar-refractivity contribution in [3.8, 4) is 0 Å². The predicted octanol–water partition coefficient (Wildman–Crippen LogP) is 1.33. The van der Waals surface area contributed by atoms with Crippen LogP contribution in [0.1, 0.15) is 25.2 Å². The number of carbonyl (C=O) groups is 1. The SMILES string of the molecule is CCN(Cc1cccc(C)n1)C(=O)C(C)CN. The van der Waals surface area contributed by atoms with Gasteiger partial charge in [-0.05, 0) is 26.0 Å². The van der Waals surface area contributed by atoms with E-state index < -0.39 is 0 Å². The molecular formula is C13H21N3O. The van der Waals surface area contributed by atoms with Crippen molar-refractivity contribution in [2.75, 3.05) is 13.1 Å². The summed E-state index contributed by atoms with van der Waals surface area (Å²) in [4.78, 5) is 18.2. The van der Waals surface area contributed by atoms with E-state index in [0.717, 1.165) is 11.4 Å². The fraction of sp³-hybridized carbons (Fsp3) is 0.538. The van der Waals surface area contributed by atoms with E-state index in [1.807, 2.05) is 39.0 Å². The first-order valence-electron chi connectivity index (χ1n) is 5.99. The van der Waals surface area contributed by atoms with Gasteiger partial charge in [-0.15, -0.1) is 0 Å². The third-order valence-electron chi connectivity index (χ3n) is 2.77. The Hall–Kier alpha value is -1.42. The van der Waals surface area contributed by atoms with Crippen molar-refractivity contribution >= 4 is 5.91 Å². The Morgan fingerprint density at radius 2 is 2.24 bits per heavy atom. The molecule has 4 heteroatoms. The third-order valence-corrected chi connectivity index (χ3v) is 2.77. The lowest BCUT2D eigenvalue weighted by Gasteiger charge is -2.23. The number of aromatic nitrogens is 1. The zero-order valence-electron chi connectivity index (χ0n) is 10.8. The van der Waals surface area contributed by atoms with E-state index in [1.165, 1.54) is 0 Å². The first kappa shape index (κ1) is 13.6. The summed E-state index contributed by atoms with van der Waals surface area (Å²) in [6.45, 7) is 7.40. The largest absolute Gasteiger partial charge is 0.337 e. The van der Waals surface area contributed by atoms with Crippen LogP contribution in [-0.4, -0.2) is 28.9 Å². The fourth-order valence-electron chi connectivity index (χ4n) is 1.64. The molecule has 4 nitrogen and oxygen atoms in total. The third kappa shape index (κ3) is 3.82. The molecular weight excluding hydrogens is 214 g/mol. The van der Waals surface area contributed by atoms with Gasteiger partial charge in [0.15, 0.2) is 0 Å². The van der Waals surface area contributed by atoms with Gasteiger partial charge in [0.1, 0.15) is 0 Å². The lowest BCUT2D eigenvalue weighted by atomic mass is 10.1. The molecule has 1 aromatic rings. The second-order valence-electron chi connectivity index (χ2n) is 4.26. The summed E-state index contributed by atoms with van der Waals surface area (Å²) < 4.78 is 0. The Bertz CT molecular complexity index is 379. The van der Waals surface area contributed by atoms with Gasteiger partial charge in [-0.25, -0.2) is 0 Å². The van der Waals surface area contributed by atoms with Crippen LogP contribution in [0.5, 0.6) is 0 Å². The average Bonchev–Trinajstić information content (AvgIpc) is 2.34. The molecule has 0 bridgehead atoms. The molecule has 0 aromatic carbocycles. The van der Waals surface area contributed by atoms with Gasteiger partial charge >= 0.3 is 0 Å². The van der Waals surface area contributed by atoms with E-state index in [0.29, 0.717) is 19.6 Å². The highest BCUT2D eigenvalue weighted by Crippen LogP contribution is 2.07. The number of carbonyl (C=O) groups excluding carboxylic acids is 1. The highest BCUT2D eigenvalue weighted by molar-refractivity contribution is 5.78. The van der Waals surface area contributed by atoms with Crippen LogP contribution >= 0.6 is 0 Å².